The van der Waals surface area contributed by atoms with Crippen LogP contribution in [0.2, 0.25) is 0 Å². The van der Waals surface area contributed by atoms with E-state index in [9.17, 15) is 32.7 Å². The number of pyridine rings is 1. The second kappa shape index (κ2) is 7.93. The number of hydrogen-bond acceptors (Lipinski definition) is 6. The first kappa shape index (κ1) is 20.4. The number of nitrogens with two attached hydrogens (primary N) is 1. The molecule has 0 fully saturated rings. The molecule has 0 saturated carbocycles. The van der Waals surface area contributed by atoms with Gasteiger partial charge in [0, 0.05) is 37.0 Å². The lowest BCUT2D eigenvalue weighted by Crippen LogP contribution is -2.43. The third kappa shape index (κ3) is 3.79. The van der Waals surface area contributed by atoms with Crippen LogP contribution in [0.15, 0.2) is 23.1 Å². The molecule has 1 aromatic heterocycles. The second-order valence-electron chi connectivity index (χ2n) is 6.20. The van der Waals surface area contributed by atoms with Gasteiger partial charge < -0.3 is 25.1 Å². The van der Waals surface area contributed by atoms with Crippen LogP contribution in [-0.2, 0) is 11.4 Å². The van der Waals surface area contributed by atoms with Gasteiger partial charge in [-0.1, -0.05) is 0 Å². The highest BCUT2D eigenvalue weighted by molar-refractivity contribution is 5.99. The predicted octanol–water partition coefficient (Wildman–Crippen LogP) is 0.0760. The molecule has 1 aromatic carbocycles. The lowest BCUT2D eigenvalue weighted by Gasteiger charge is -2.28. The van der Waals surface area contributed by atoms with Gasteiger partial charge in [-0.2, -0.15) is 0 Å². The van der Waals surface area contributed by atoms with Gasteiger partial charge in [0.05, 0.1) is 12.6 Å². The first-order valence-electron chi connectivity index (χ1n) is 8.24. The molecule has 2 heterocycles. The van der Waals surface area contributed by atoms with Gasteiger partial charge in [-0.3, -0.25) is 14.4 Å². The van der Waals surface area contributed by atoms with Crippen LogP contribution in [0.5, 0.6) is 5.75 Å². The van der Waals surface area contributed by atoms with Crippen LogP contribution in [0.1, 0.15) is 32.5 Å². The zero-order valence-electron chi connectivity index (χ0n) is 14.7. The summed E-state index contributed by atoms with van der Waals surface area (Å²) in [4.78, 5) is 41.2. The molecule has 0 radical (unpaired) electrons. The van der Waals surface area contributed by atoms with E-state index in [0.717, 1.165) is 10.8 Å². The fourth-order valence-corrected chi connectivity index (χ4v) is 2.94. The minimum Gasteiger partial charge on any atom is -0.503 e. The van der Waals surface area contributed by atoms with E-state index in [1.807, 2.05) is 0 Å². The molecular formula is C17H15F3N4O5. The number of hydrogen-bond donors (Lipinski definition) is 4. The summed E-state index contributed by atoms with van der Waals surface area (Å²) in [5.74, 6) is -1.30. The van der Waals surface area contributed by atoms with Gasteiger partial charge in [0.1, 0.15) is 23.0 Å². The van der Waals surface area contributed by atoms with Crippen LogP contribution in [0.4, 0.5) is 13.2 Å². The summed E-state index contributed by atoms with van der Waals surface area (Å²) in [6.45, 7) is -0.740. The molecule has 5 N–H and O–H groups in total. The molecule has 1 aliphatic rings. The van der Waals surface area contributed by atoms with E-state index in [1.165, 1.54) is 0 Å². The van der Waals surface area contributed by atoms with Gasteiger partial charge in [0.2, 0.25) is 5.43 Å². The maximum atomic E-state index is 13.7. The van der Waals surface area contributed by atoms with Gasteiger partial charge in [0.15, 0.2) is 11.4 Å². The molecule has 0 saturated heterocycles. The van der Waals surface area contributed by atoms with Crippen LogP contribution in [0.3, 0.4) is 0 Å². The van der Waals surface area contributed by atoms with Crippen LogP contribution in [0, 0.1) is 17.5 Å². The number of aromatic hydroxyl groups is 1. The van der Waals surface area contributed by atoms with E-state index in [2.05, 4.69) is 15.5 Å². The molecule has 2 aromatic rings. The molecule has 0 unspecified atom stereocenters. The zero-order chi connectivity index (χ0) is 21.3. The quantitative estimate of drug-likeness (QED) is 0.514. The van der Waals surface area contributed by atoms with Crippen molar-refractivity contribution < 1.29 is 32.7 Å². The number of halogens is 3. The van der Waals surface area contributed by atoms with Crippen LogP contribution >= 0.6 is 0 Å². The molecule has 1 atom stereocenters. The molecular weight excluding hydrogens is 397 g/mol. The van der Waals surface area contributed by atoms with Crippen molar-refractivity contribution in [3.05, 3.63) is 62.8 Å². The Labute approximate surface area is 160 Å². The lowest BCUT2D eigenvalue weighted by molar-refractivity contribution is 0.0785. The normalized spacial score (nSPS) is 15.6. The van der Waals surface area contributed by atoms with Crippen molar-refractivity contribution in [2.45, 2.75) is 12.6 Å². The third-order valence-corrected chi connectivity index (χ3v) is 4.38. The predicted molar refractivity (Wildman–Crippen MR) is 91.4 cm³/mol. The van der Waals surface area contributed by atoms with Crippen molar-refractivity contribution in [3.8, 4) is 5.75 Å². The number of amides is 2. The highest BCUT2D eigenvalue weighted by Gasteiger charge is 2.31. The Hall–Kier alpha value is -3.38. The summed E-state index contributed by atoms with van der Waals surface area (Å²) in [7, 11) is 0. The fourth-order valence-electron chi connectivity index (χ4n) is 2.94. The Morgan fingerprint density at radius 3 is 2.59 bits per heavy atom. The Morgan fingerprint density at radius 1 is 1.31 bits per heavy atom. The first-order valence-corrected chi connectivity index (χ1v) is 8.24. The third-order valence-electron chi connectivity index (χ3n) is 4.38. The van der Waals surface area contributed by atoms with Crippen molar-refractivity contribution >= 4 is 11.8 Å². The molecule has 0 bridgehead atoms. The summed E-state index contributed by atoms with van der Waals surface area (Å²) in [5.41, 5.74) is -2.73. The Morgan fingerprint density at radius 2 is 1.97 bits per heavy atom. The number of fused-ring (bicyclic) bond motifs is 1. The molecule has 154 valence electrons. The molecule has 9 nitrogen and oxygen atoms in total. The highest BCUT2D eigenvalue weighted by Crippen LogP contribution is 2.22. The zero-order valence-corrected chi connectivity index (χ0v) is 14.7. The van der Waals surface area contributed by atoms with Gasteiger partial charge in [-0.15, -0.1) is 0 Å². The lowest BCUT2D eigenvalue weighted by atomic mass is 10.1. The van der Waals surface area contributed by atoms with Gasteiger partial charge in [0.25, 0.3) is 11.8 Å². The van der Waals surface area contributed by atoms with E-state index >= 15 is 0 Å². The van der Waals surface area contributed by atoms with Gasteiger partial charge in [-0.25, -0.2) is 19.1 Å². The molecule has 2 amide bonds. The van der Waals surface area contributed by atoms with Crippen molar-refractivity contribution in [3.63, 3.8) is 0 Å². The molecule has 0 spiro atoms. The van der Waals surface area contributed by atoms with E-state index in [1.54, 1.807) is 0 Å². The topological polar surface area (TPSA) is 136 Å². The monoisotopic (exact) mass is 412 g/mol. The van der Waals surface area contributed by atoms with Gasteiger partial charge in [-0.05, 0) is 0 Å². The summed E-state index contributed by atoms with van der Waals surface area (Å²) in [5, 5.41) is 14.7. The SMILES string of the molecule is NOC[C@H]1CNC(=O)c2c(O)c(=O)c(C(=O)NCc3c(F)cc(F)cc3F)cn21. The average molecular weight is 412 g/mol. The van der Waals surface area contributed by atoms with E-state index < -0.39 is 64.2 Å². The minimum atomic E-state index is -1.22. The summed E-state index contributed by atoms with van der Waals surface area (Å²) < 4.78 is 41.5. The maximum absolute atomic E-state index is 13.7. The van der Waals surface area contributed by atoms with Crippen LogP contribution in [0.25, 0.3) is 0 Å². The average Bonchev–Trinajstić information content (AvgIpc) is 2.65. The van der Waals surface area contributed by atoms with Gasteiger partial charge >= 0.3 is 0 Å². The molecule has 3 rings (SSSR count). The molecule has 12 heteroatoms. The maximum Gasteiger partial charge on any atom is 0.272 e. The number of benzene rings is 1. The van der Waals surface area contributed by atoms with Crippen molar-refractivity contribution in [1.29, 1.82) is 0 Å². The van der Waals surface area contributed by atoms with E-state index in [-0.39, 0.29) is 18.8 Å². The van der Waals surface area contributed by atoms with Crippen molar-refractivity contribution in [2.24, 2.45) is 5.90 Å². The summed E-state index contributed by atoms with van der Waals surface area (Å²) >= 11 is 0. The summed E-state index contributed by atoms with van der Waals surface area (Å²) in [6, 6.07) is 0.262. The molecule has 1 aliphatic heterocycles. The fraction of sp³-hybridized carbons (Fsp3) is 0.235. The van der Waals surface area contributed by atoms with Crippen molar-refractivity contribution in [2.75, 3.05) is 13.2 Å². The molecule has 29 heavy (non-hydrogen) atoms. The standard InChI is InChI=1S/C17H15F3N4O5/c18-7-1-11(19)9(12(20)2-7)4-23-16(27)10-5-24-8(6-29-21)3-22-17(28)13(24)15(26)14(10)25/h1-2,5,8,26H,3-4,6,21H2,(H,22,28)(H,23,27)/t8-/m1/s1. The number of aromatic nitrogens is 1. The highest BCUT2D eigenvalue weighted by atomic mass is 19.1. The first-order chi connectivity index (χ1) is 13.7. The smallest absolute Gasteiger partial charge is 0.272 e. The number of carbonyl (C=O) groups excluding carboxylic acids is 2. The number of nitrogens with one attached hydrogen (secondary N) is 2. The Kier molecular flexibility index (Phi) is 5.57. The number of nitrogens with zero attached hydrogens (tertiary/aromatic N) is 1. The largest absolute Gasteiger partial charge is 0.503 e. The second-order valence-corrected chi connectivity index (χ2v) is 6.20. The van der Waals surface area contributed by atoms with Crippen LogP contribution in [-0.4, -0.2) is 34.6 Å². The van der Waals surface area contributed by atoms with E-state index in [4.69, 9.17) is 5.90 Å². The number of carbonyl (C=O) groups is 2. The Bertz CT molecular complexity index is 1030. The summed E-state index contributed by atoms with van der Waals surface area (Å²) in [6.07, 6.45) is 1.02. The van der Waals surface area contributed by atoms with Crippen molar-refractivity contribution in [1.82, 2.24) is 15.2 Å². The number of rotatable bonds is 5. The minimum absolute atomic E-state index is 0.0540. The van der Waals surface area contributed by atoms with Crippen LogP contribution < -0.4 is 22.0 Å². The Balaban J connectivity index is 1.94. The molecule has 0 aliphatic carbocycles. The van der Waals surface area contributed by atoms with E-state index in [0.29, 0.717) is 12.1 Å².